The lowest BCUT2D eigenvalue weighted by atomic mass is 10.1. The van der Waals surface area contributed by atoms with Crippen molar-refractivity contribution in [1.82, 2.24) is 5.32 Å². The van der Waals surface area contributed by atoms with Gasteiger partial charge in [0.2, 0.25) is 0 Å². The Morgan fingerprint density at radius 3 is 2.76 bits per heavy atom. The molecule has 1 amide bonds. The van der Waals surface area contributed by atoms with Crippen LogP contribution in [0.3, 0.4) is 0 Å². The highest BCUT2D eigenvalue weighted by atomic mass is 79.9. The summed E-state index contributed by atoms with van der Waals surface area (Å²) in [5, 5.41) is 3.01. The maximum absolute atomic E-state index is 12.1. The fourth-order valence-electron chi connectivity index (χ4n) is 1.99. The average Bonchev–Trinajstić information content (AvgIpc) is 3.08. The standard InChI is InChI=1S/C13H17BrN2O/c1-8-4-10(6-11(14)5-8)13(17)16-12(7-15)9-2-3-9/h4-6,9,12H,2-3,7,15H2,1H3,(H,16,17). The van der Waals surface area contributed by atoms with Crippen LogP contribution in [0.4, 0.5) is 0 Å². The van der Waals surface area contributed by atoms with Gasteiger partial charge in [0.15, 0.2) is 0 Å². The van der Waals surface area contributed by atoms with Gasteiger partial charge in [-0.1, -0.05) is 15.9 Å². The Morgan fingerprint density at radius 2 is 2.24 bits per heavy atom. The molecular weight excluding hydrogens is 280 g/mol. The predicted molar refractivity (Wildman–Crippen MR) is 71.9 cm³/mol. The number of carbonyl (C=O) groups is 1. The largest absolute Gasteiger partial charge is 0.348 e. The Balaban J connectivity index is 2.07. The molecule has 0 radical (unpaired) electrons. The fraction of sp³-hybridized carbons (Fsp3) is 0.462. The summed E-state index contributed by atoms with van der Waals surface area (Å²) in [5.41, 5.74) is 7.44. The summed E-state index contributed by atoms with van der Waals surface area (Å²) in [6.45, 7) is 2.49. The number of aryl methyl sites for hydroxylation is 1. The lowest BCUT2D eigenvalue weighted by Gasteiger charge is -2.16. The van der Waals surface area contributed by atoms with E-state index in [-0.39, 0.29) is 11.9 Å². The zero-order valence-electron chi connectivity index (χ0n) is 9.87. The predicted octanol–water partition coefficient (Wildman–Crippen LogP) is 2.22. The number of rotatable bonds is 4. The Bertz CT molecular complexity index is 409. The average molecular weight is 297 g/mol. The van der Waals surface area contributed by atoms with Crippen molar-refractivity contribution in [2.75, 3.05) is 6.54 Å². The zero-order valence-corrected chi connectivity index (χ0v) is 11.5. The molecule has 1 aromatic rings. The van der Waals surface area contributed by atoms with Crippen molar-refractivity contribution in [3.05, 3.63) is 33.8 Å². The number of benzene rings is 1. The summed E-state index contributed by atoms with van der Waals surface area (Å²) in [6, 6.07) is 5.84. The normalized spacial score (nSPS) is 16.6. The molecule has 17 heavy (non-hydrogen) atoms. The Kier molecular flexibility index (Phi) is 3.84. The monoisotopic (exact) mass is 296 g/mol. The molecule has 1 saturated carbocycles. The van der Waals surface area contributed by atoms with Crippen molar-refractivity contribution in [1.29, 1.82) is 0 Å². The van der Waals surface area contributed by atoms with Crippen molar-refractivity contribution < 1.29 is 4.79 Å². The molecule has 0 saturated heterocycles. The summed E-state index contributed by atoms with van der Waals surface area (Å²) < 4.78 is 0.929. The smallest absolute Gasteiger partial charge is 0.251 e. The highest BCUT2D eigenvalue weighted by molar-refractivity contribution is 9.10. The molecule has 3 nitrogen and oxygen atoms in total. The van der Waals surface area contributed by atoms with E-state index >= 15 is 0 Å². The number of nitrogens with two attached hydrogens (primary N) is 1. The van der Waals surface area contributed by atoms with E-state index in [9.17, 15) is 4.79 Å². The van der Waals surface area contributed by atoms with E-state index in [1.165, 1.54) is 12.8 Å². The van der Waals surface area contributed by atoms with Crippen LogP contribution in [0.25, 0.3) is 0 Å². The molecule has 1 aliphatic rings. The zero-order chi connectivity index (χ0) is 12.4. The summed E-state index contributed by atoms with van der Waals surface area (Å²) in [6.07, 6.45) is 2.36. The third-order valence-corrected chi connectivity index (χ3v) is 3.52. The number of carbonyl (C=O) groups excluding carboxylic acids is 1. The van der Waals surface area contributed by atoms with Gasteiger partial charge in [-0.05, 0) is 49.4 Å². The first kappa shape index (κ1) is 12.6. The molecule has 0 aliphatic heterocycles. The van der Waals surface area contributed by atoms with Gasteiger partial charge in [-0.3, -0.25) is 4.79 Å². The van der Waals surface area contributed by atoms with Gasteiger partial charge >= 0.3 is 0 Å². The van der Waals surface area contributed by atoms with Gasteiger partial charge < -0.3 is 11.1 Å². The second kappa shape index (κ2) is 5.19. The quantitative estimate of drug-likeness (QED) is 0.895. The molecule has 1 aliphatic carbocycles. The van der Waals surface area contributed by atoms with Gasteiger partial charge in [-0.25, -0.2) is 0 Å². The summed E-state index contributed by atoms with van der Waals surface area (Å²) in [7, 11) is 0. The topological polar surface area (TPSA) is 55.1 Å². The Labute approximate surface area is 110 Å². The van der Waals surface area contributed by atoms with Crippen molar-refractivity contribution in [3.8, 4) is 0 Å². The summed E-state index contributed by atoms with van der Waals surface area (Å²) in [4.78, 5) is 12.1. The van der Waals surface area contributed by atoms with E-state index in [4.69, 9.17) is 5.73 Å². The van der Waals surface area contributed by atoms with E-state index in [0.29, 0.717) is 18.0 Å². The van der Waals surface area contributed by atoms with E-state index in [2.05, 4.69) is 21.2 Å². The first-order chi connectivity index (χ1) is 8.10. The van der Waals surface area contributed by atoms with Crippen LogP contribution in [0.2, 0.25) is 0 Å². The van der Waals surface area contributed by atoms with Gasteiger partial charge in [0, 0.05) is 22.6 Å². The Hall–Kier alpha value is -0.870. The van der Waals surface area contributed by atoms with E-state index < -0.39 is 0 Å². The Morgan fingerprint density at radius 1 is 1.53 bits per heavy atom. The first-order valence-electron chi connectivity index (χ1n) is 5.88. The van der Waals surface area contributed by atoms with Crippen LogP contribution in [0.1, 0.15) is 28.8 Å². The molecule has 0 spiro atoms. The van der Waals surface area contributed by atoms with Crippen LogP contribution < -0.4 is 11.1 Å². The van der Waals surface area contributed by atoms with Crippen LogP contribution in [0.5, 0.6) is 0 Å². The maximum Gasteiger partial charge on any atom is 0.251 e. The molecule has 0 heterocycles. The second-order valence-corrected chi connectivity index (χ2v) is 5.59. The van der Waals surface area contributed by atoms with Crippen LogP contribution in [0.15, 0.2) is 22.7 Å². The van der Waals surface area contributed by atoms with Crippen molar-refractivity contribution in [2.24, 2.45) is 11.7 Å². The lowest BCUT2D eigenvalue weighted by Crippen LogP contribution is -2.41. The highest BCUT2D eigenvalue weighted by Crippen LogP contribution is 2.32. The number of hydrogen-bond acceptors (Lipinski definition) is 2. The maximum atomic E-state index is 12.1. The second-order valence-electron chi connectivity index (χ2n) is 4.67. The molecule has 1 fully saturated rings. The minimum Gasteiger partial charge on any atom is -0.348 e. The molecule has 1 unspecified atom stereocenters. The molecule has 1 atom stereocenters. The van der Waals surface area contributed by atoms with Crippen LogP contribution in [-0.2, 0) is 0 Å². The molecule has 0 bridgehead atoms. The van der Waals surface area contributed by atoms with Crippen LogP contribution in [-0.4, -0.2) is 18.5 Å². The van der Waals surface area contributed by atoms with Gasteiger partial charge in [0.1, 0.15) is 0 Å². The molecule has 92 valence electrons. The van der Waals surface area contributed by atoms with Crippen molar-refractivity contribution >= 4 is 21.8 Å². The van der Waals surface area contributed by atoms with Crippen LogP contribution in [0, 0.1) is 12.8 Å². The summed E-state index contributed by atoms with van der Waals surface area (Å²) in [5.74, 6) is 0.550. The third kappa shape index (κ3) is 3.30. The number of amides is 1. The molecule has 1 aromatic carbocycles. The number of nitrogens with one attached hydrogen (secondary N) is 1. The van der Waals surface area contributed by atoms with Crippen molar-refractivity contribution in [2.45, 2.75) is 25.8 Å². The molecule has 2 rings (SSSR count). The highest BCUT2D eigenvalue weighted by Gasteiger charge is 2.31. The fourth-order valence-corrected chi connectivity index (χ4v) is 2.59. The minimum absolute atomic E-state index is 0.0308. The lowest BCUT2D eigenvalue weighted by molar-refractivity contribution is 0.0933. The van der Waals surface area contributed by atoms with Gasteiger partial charge in [0.05, 0.1) is 0 Å². The minimum atomic E-state index is -0.0308. The van der Waals surface area contributed by atoms with Gasteiger partial charge in [-0.2, -0.15) is 0 Å². The molecular formula is C13H17BrN2O. The number of hydrogen-bond donors (Lipinski definition) is 2. The first-order valence-corrected chi connectivity index (χ1v) is 6.67. The number of halogens is 1. The summed E-state index contributed by atoms with van der Waals surface area (Å²) >= 11 is 3.40. The van der Waals surface area contributed by atoms with Crippen molar-refractivity contribution in [3.63, 3.8) is 0 Å². The van der Waals surface area contributed by atoms with E-state index in [0.717, 1.165) is 10.0 Å². The third-order valence-electron chi connectivity index (χ3n) is 3.07. The van der Waals surface area contributed by atoms with Gasteiger partial charge in [0.25, 0.3) is 5.91 Å². The SMILES string of the molecule is Cc1cc(Br)cc(C(=O)NC(CN)C2CC2)c1. The van der Waals surface area contributed by atoms with E-state index in [1.54, 1.807) is 0 Å². The van der Waals surface area contributed by atoms with Gasteiger partial charge in [-0.15, -0.1) is 0 Å². The molecule has 3 N–H and O–H groups in total. The van der Waals surface area contributed by atoms with E-state index in [1.807, 2.05) is 25.1 Å². The van der Waals surface area contributed by atoms with Crippen LogP contribution >= 0.6 is 15.9 Å². The molecule has 0 aromatic heterocycles. The molecule has 4 heteroatoms.